The number of rotatable bonds is 5. The lowest BCUT2D eigenvalue weighted by Crippen LogP contribution is -2.45. The van der Waals surface area contributed by atoms with Gasteiger partial charge in [0.1, 0.15) is 6.04 Å². The van der Waals surface area contributed by atoms with E-state index in [1.54, 1.807) is 0 Å². The standard InChI is InChI=1S/C12H20N2O2/c1-2-16-12(15)11-7-3-5-9-14(11)10-6-4-8-13/h11H,2-7,9-10H2,1H3. The fourth-order valence-corrected chi connectivity index (χ4v) is 2.13. The van der Waals surface area contributed by atoms with Gasteiger partial charge in [-0.05, 0) is 39.3 Å². The van der Waals surface area contributed by atoms with Crippen molar-refractivity contribution in [2.24, 2.45) is 0 Å². The van der Waals surface area contributed by atoms with Crippen LogP contribution in [0.1, 0.15) is 39.0 Å². The van der Waals surface area contributed by atoms with Crippen LogP contribution in [0.4, 0.5) is 0 Å². The maximum Gasteiger partial charge on any atom is 0.323 e. The van der Waals surface area contributed by atoms with Crippen molar-refractivity contribution in [1.29, 1.82) is 5.26 Å². The van der Waals surface area contributed by atoms with Crippen molar-refractivity contribution in [3.63, 3.8) is 0 Å². The molecule has 1 rings (SSSR count). The summed E-state index contributed by atoms with van der Waals surface area (Å²) >= 11 is 0. The van der Waals surface area contributed by atoms with Gasteiger partial charge < -0.3 is 4.74 Å². The Morgan fingerprint density at radius 1 is 1.56 bits per heavy atom. The summed E-state index contributed by atoms with van der Waals surface area (Å²) in [7, 11) is 0. The summed E-state index contributed by atoms with van der Waals surface area (Å²) in [5.74, 6) is -0.0980. The lowest BCUT2D eigenvalue weighted by atomic mass is 10.0. The van der Waals surface area contributed by atoms with E-state index >= 15 is 0 Å². The Morgan fingerprint density at radius 2 is 2.38 bits per heavy atom. The summed E-state index contributed by atoms with van der Waals surface area (Å²) in [5, 5.41) is 8.49. The molecule has 1 heterocycles. The zero-order valence-corrected chi connectivity index (χ0v) is 9.95. The second-order valence-corrected chi connectivity index (χ2v) is 4.06. The van der Waals surface area contributed by atoms with Gasteiger partial charge in [0.2, 0.25) is 0 Å². The summed E-state index contributed by atoms with van der Waals surface area (Å²) in [6.45, 7) is 4.06. The Hall–Kier alpha value is -1.08. The number of unbranched alkanes of at least 4 members (excludes halogenated alkanes) is 1. The average Bonchev–Trinajstić information content (AvgIpc) is 2.30. The molecule has 0 spiro atoms. The first-order valence-electron chi connectivity index (χ1n) is 6.07. The fraction of sp³-hybridized carbons (Fsp3) is 0.833. The Balaban J connectivity index is 2.43. The molecular formula is C12H20N2O2. The SMILES string of the molecule is CCOC(=O)C1CCCCN1CCCC#N. The number of ether oxygens (including phenoxy) is 1. The van der Waals surface area contributed by atoms with Crippen LogP contribution in [-0.4, -0.2) is 36.6 Å². The molecule has 0 aromatic rings. The van der Waals surface area contributed by atoms with Gasteiger partial charge in [-0.2, -0.15) is 5.26 Å². The van der Waals surface area contributed by atoms with E-state index in [0.717, 1.165) is 38.8 Å². The summed E-state index contributed by atoms with van der Waals surface area (Å²) in [6.07, 6.45) is 4.53. The first-order chi connectivity index (χ1) is 7.79. The topological polar surface area (TPSA) is 53.3 Å². The lowest BCUT2D eigenvalue weighted by Gasteiger charge is -2.33. The highest BCUT2D eigenvalue weighted by atomic mass is 16.5. The number of esters is 1. The van der Waals surface area contributed by atoms with Crippen LogP contribution in [-0.2, 0) is 9.53 Å². The van der Waals surface area contributed by atoms with E-state index in [1.807, 2.05) is 6.92 Å². The Labute approximate surface area is 97.2 Å². The smallest absolute Gasteiger partial charge is 0.323 e. The van der Waals surface area contributed by atoms with Gasteiger partial charge in [-0.25, -0.2) is 0 Å². The highest BCUT2D eigenvalue weighted by molar-refractivity contribution is 5.75. The van der Waals surface area contributed by atoms with Gasteiger partial charge in [-0.1, -0.05) is 6.42 Å². The van der Waals surface area contributed by atoms with Crippen LogP contribution in [0.5, 0.6) is 0 Å². The number of hydrogen-bond donors (Lipinski definition) is 0. The molecule has 0 saturated carbocycles. The van der Waals surface area contributed by atoms with E-state index < -0.39 is 0 Å². The molecule has 1 aliphatic rings. The molecule has 1 unspecified atom stereocenters. The second kappa shape index (κ2) is 7.24. The van der Waals surface area contributed by atoms with Crippen LogP contribution >= 0.6 is 0 Å². The molecule has 0 radical (unpaired) electrons. The van der Waals surface area contributed by atoms with E-state index in [1.165, 1.54) is 0 Å². The third-order valence-corrected chi connectivity index (χ3v) is 2.91. The minimum Gasteiger partial charge on any atom is -0.465 e. The molecule has 0 amide bonds. The summed E-state index contributed by atoms with van der Waals surface area (Å²) in [4.78, 5) is 13.9. The number of carbonyl (C=O) groups excluding carboxylic acids is 1. The maximum atomic E-state index is 11.7. The van der Waals surface area contributed by atoms with Gasteiger partial charge in [0.25, 0.3) is 0 Å². The fourth-order valence-electron chi connectivity index (χ4n) is 2.13. The van der Waals surface area contributed by atoms with Gasteiger partial charge in [0, 0.05) is 6.42 Å². The molecule has 1 atom stereocenters. The van der Waals surface area contributed by atoms with Crippen LogP contribution in [0, 0.1) is 11.3 Å². The van der Waals surface area contributed by atoms with E-state index in [-0.39, 0.29) is 12.0 Å². The molecule has 1 fully saturated rings. The van der Waals surface area contributed by atoms with Crippen molar-refractivity contribution >= 4 is 5.97 Å². The number of likely N-dealkylation sites (tertiary alicyclic amines) is 1. The second-order valence-electron chi connectivity index (χ2n) is 4.06. The molecule has 1 saturated heterocycles. The number of nitrogens with zero attached hydrogens (tertiary/aromatic N) is 2. The normalized spacial score (nSPS) is 21.4. The van der Waals surface area contributed by atoms with E-state index in [9.17, 15) is 4.79 Å². The van der Waals surface area contributed by atoms with Gasteiger partial charge >= 0.3 is 5.97 Å². The van der Waals surface area contributed by atoms with Gasteiger partial charge in [0.05, 0.1) is 12.7 Å². The van der Waals surface area contributed by atoms with Crippen molar-refractivity contribution < 1.29 is 9.53 Å². The minimum absolute atomic E-state index is 0.0765. The average molecular weight is 224 g/mol. The van der Waals surface area contributed by atoms with Gasteiger partial charge in [0.15, 0.2) is 0 Å². The number of nitriles is 1. The molecule has 90 valence electrons. The molecular weight excluding hydrogens is 204 g/mol. The molecule has 1 aliphatic heterocycles. The minimum atomic E-state index is -0.0980. The van der Waals surface area contributed by atoms with Crippen molar-refractivity contribution in [2.75, 3.05) is 19.7 Å². The van der Waals surface area contributed by atoms with E-state index in [2.05, 4.69) is 11.0 Å². The largest absolute Gasteiger partial charge is 0.465 e. The Morgan fingerprint density at radius 3 is 3.06 bits per heavy atom. The first kappa shape index (κ1) is 13.0. The monoisotopic (exact) mass is 224 g/mol. The van der Waals surface area contributed by atoms with Gasteiger partial charge in [-0.15, -0.1) is 0 Å². The molecule has 4 heteroatoms. The highest BCUT2D eigenvalue weighted by Crippen LogP contribution is 2.18. The van der Waals surface area contributed by atoms with Crippen LogP contribution in [0.15, 0.2) is 0 Å². The number of piperidine rings is 1. The first-order valence-corrected chi connectivity index (χ1v) is 6.07. The summed E-state index contributed by atoms with van der Waals surface area (Å²) < 4.78 is 5.07. The zero-order chi connectivity index (χ0) is 11.8. The molecule has 0 N–H and O–H groups in total. The zero-order valence-electron chi connectivity index (χ0n) is 9.95. The van der Waals surface area contributed by atoms with E-state index in [0.29, 0.717) is 13.0 Å². The highest BCUT2D eigenvalue weighted by Gasteiger charge is 2.28. The van der Waals surface area contributed by atoms with Crippen LogP contribution in [0.3, 0.4) is 0 Å². The Kier molecular flexibility index (Phi) is 5.87. The van der Waals surface area contributed by atoms with Crippen LogP contribution in [0.2, 0.25) is 0 Å². The van der Waals surface area contributed by atoms with Crippen molar-refractivity contribution in [3.05, 3.63) is 0 Å². The molecule has 0 aromatic heterocycles. The predicted molar refractivity (Wildman–Crippen MR) is 60.7 cm³/mol. The van der Waals surface area contributed by atoms with E-state index in [4.69, 9.17) is 10.00 Å². The summed E-state index contributed by atoms with van der Waals surface area (Å²) in [6, 6.07) is 2.06. The van der Waals surface area contributed by atoms with Crippen molar-refractivity contribution in [3.8, 4) is 6.07 Å². The molecule has 0 aliphatic carbocycles. The van der Waals surface area contributed by atoms with Crippen molar-refractivity contribution in [2.45, 2.75) is 45.1 Å². The molecule has 0 bridgehead atoms. The quantitative estimate of drug-likeness (QED) is 0.527. The number of hydrogen-bond acceptors (Lipinski definition) is 4. The van der Waals surface area contributed by atoms with Crippen LogP contribution < -0.4 is 0 Å². The molecule has 4 nitrogen and oxygen atoms in total. The lowest BCUT2D eigenvalue weighted by molar-refractivity contribution is -0.150. The Bertz CT molecular complexity index is 260. The third kappa shape index (κ3) is 3.82. The number of carbonyl (C=O) groups is 1. The predicted octanol–water partition coefficient (Wildman–Crippen LogP) is 1.71. The third-order valence-electron chi connectivity index (χ3n) is 2.91. The summed E-state index contributed by atoms with van der Waals surface area (Å²) in [5.41, 5.74) is 0. The molecule has 16 heavy (non-hydrogen) atoms. The maximum absolute atomic E-state index is 11.7. The van der Waals surface area contributed by atoms with Crippen molar-refractivity contribution in [1.82, 2.24) is 4.90 Å². The van der Waals surface area contributed by atoms with Crippen LogP contribution in [0.25, 0.3) is 0 Å². The molecule has 0 aromatic carbocycles. The van der Waals surface area contributed by atoms with Gasteiger partial charge in [-0.3, -0.25) is 9.69 Å².